The molecule has 1 aliphatic heterocycles. The number of nitrogens with one attached hydrogen (secondary N) is 2. The molecule has 0 spiro atoms. The van der Waals surface area contributed by atoms with Gasteiger partial charge in [0.1, 0.15) is 24.5 Å². The summed E-state index contributed by atoms with van der Waals surface area (Å²) in [6.45, 7) is 2.38. The van der Waals surface area contributed by atoms with Crippen LogP contribution in [0.4, 0.5) is 22.1 Å². The van der Waals surface area contributed by atoms with Gasteiger partial charge in [0.05, 0.1) is 17.9 Å². The average Bonchev–Trinajstić information content (AvgIpc) is 3.89. The first-order valence-corrected chi connectivity index (χ1v) is 13.7. The van der Waals surface area contributed by atoms with Gasteiger partial charge < -0.3 is 15.0 Å². The fourth-order valence-electron chi connectivity index (χ4n) is 5.36. The minimum atomic E-state index is -0.351. The largest absolute Gasteiger partial charge is 0.364 e. The van der Waals surface area contributed by atoms with Crippen molar-refractivity contribution in [2.45, 2.75) is 44.6 Å². The molecule has 2 saturated carbocycles. The molecule has 2 atom stereocenters. The molecule has 12 nitrogen and oxygen atoms in total. The van der Waals surface area contributed by atoms with Crippen LogP contribution in [0, 0.1) is 12.8 Å². The minimum absolute atomic E-state index is 0.00189. The van der Waals surface area contributed by atoms with E-state index in [2.05, 4.69) is 31.8 Å². The molecule has 0 radical (unpaired) electrons. The van der Waals surface area contributed by atoms with Crippen LogP contribution in [0.15, 0.2) is 49.2 Å². The topological polar surface area (TPSA) is 138 Å². The Hall–Kier alpha value is -4.87. The van der Waals surface area contributed by atoms with Gasteiger partial charge in [0.2, 0.25) is 11.8 Å². The number of fused-ring (bicyclic) bond motifs is 1. The molecule has 1 saturated heterocycles. The highest BCUT2D eigenvalue weighted by Crippen LogP contribution is 2.47. The van der Waals surface area contributed by atoms with E-state index in [0.717, 1.165) is 46.7 Å². The Morgan fingerprint density at radius 1 is 1.07 bits per heavy atom. The first-order valence-electron chi connectivity index (χ1n) is 13.7. The second-order valence-corrected chi connectivity index (χ2v) is 11.1. The van der Waals surface area contributed by atoms with Gasteiger partial charge in [-0.05, 0) is 61.4 Å². The van der Waals surface area contributed by atoms with E-state index in [1.807, 2.05) is 35.7 Å². The zero-order valence-electron chi connectivity index (χ0n) is 22.7. The third kappa shape index (κ3) is 4.85. The maximum atomic E-state index is 12.8. The first-order chi connectivity index (χ1) is 19.8. The Morgan fingerprint density at radius 2 is 1.90 bits per heavy atom. The summed E-state index contributed by atoms with van der Waals surface area (Å²) in [7, 11) is 1.50. The Kier molecular flexibility index (Phi) is 5.91. The lowest BCUT2D eigenvalue weighted by atomic mass is 10.1. The van der Waals surface area contributed by atoms with Crippen molar-refractivity contribution in [1.82, 2.24) is 29.2 Å². The summed E-state index contributed by atoms with van der Waals surface area (Å²) in [5, 5.41) is 6.16. The molecule has 2 unspecified atom stereocenters. The molecule has 3 fully saturated rings. The van der Waals surface area contributed by atoms with Crippen LogP contribution in [-0.2, 0) is 16.1 Å². The second-order valence-electron chi connectivity index (χ2n) is 11.1. The number of hydrogen-bond donors (Lipinski definition) is 2. The Morgan fingerprint density at radius 3 is 2.66 bits per heavy atom. The van der Waals surface area contributed by atoms with E-state index in [1.54, 1.807) is 12.3 Å². The summed E-state index contributed by atoms with van der Waals surface area (Å²) in [6, 6.07) is 7.30. The molecule has 41 heavy (non-hydrogen) atoms. The maximum Gasteiger partial charge on any atom is 0.331 e. The predicted octanol–water partition coefficient (Wildman–Crippen LogP) is 3.46. The molecule has 3 aliphatic rings. The number of amides is 4. The van der Waals surface area contributed by atoms with Crippen LogP contribution >= 0.6 is 0 Å². The highest BCUT2D eigenvalue weighted by Gasteiger charge is 2.45. The SMILES string of the molecule is Cc1ccnc(C2CC2C(=O)Nc2cc(NCc3cn4cc(C5CC5)cc(N5CC(=O)N(C)C5=O)c4n3)ncn2)c1. The maximum absolute atomic E-state index is 12.8. The molecule has 7 rings (SSSR count). The summed E-state index contributed by atoms with van der Waals surface area (Å²) >= 11 is 0. The summed E-state index contributed by atoms with van der Waals surface area (Å²) in [4.78, 5) is 58.1. The average molecular weight is 552 g/mol. The van der Waals surface area contributed by atoms with Gasteiger partial charge in [0.25, 0.3) is 0 Å². The molecule has 4 aromatic rings. The molecule has 4 amide bonds. The van der Waals surface area contributed by atoms with E-state index in [-0.39, 0.29) is 36.2 Å². The van der Waals surface area contributed by atoms with Crippen molar-refractivity contribution >= 4 is 40.8 Å². The van der Waals surface area contributed by atoms with E-state index in [4.69, 9.17) is 4.98 Å². The lowest BCUT2D eigenvalue weighted by Gasteiger charge is -2.17. The van der Waals surface area contributed by atoms with Crippen molar-refractivity contribution < 1.29 is 14.4 Å². The van der Waals surface area contributed by atoms with Crippen molar-refractivity contribution in [2.75, 3.05) is 29.1 Å². The number of aromatic nitrogens is 5. The lowest BCUT2D eigenvalue weighted by Crippen LogP contribution is -2.30. The molecular weight excluding hydrogens is 522 g/mol. The van der Waals surface area contributed by atoms with Crippen LogP contribution in [0.2, 0.25) is 0 Å². The zero-order valence-corrected chi connectivity index (χ0v) is 22.7. The number of nitrogens with zero attached hydrogens (tertiary/aromatic N) is 7. The molecular formula is C29H29N9O3. The van der Waals surface area contributed by atoms with E-state index in [0.29, 0.717) is 35.4 Å². The molecule has 4 aromatic heterocycles. The van der Waals surface area contributed by atoms with Gasteiger partial charge in [0, 0.05) is 49.2 Å². The Bertz CT molecular complexity index is 1710. The second kappa shape index (κ2) is 9.65. The van der Waals surface area contributed by atoms with Crippen LogP contribution in [0.3, 0.4) is 0 Å². The van der Waals surface area contributed by atoms with Gasteiger partial charge >= 0.3 is 6.03 Å². The van der Waals surface area contributed by atoms with Crippen molar-refractivity contribution in [2.24, 2.45) is 5.92 Å². The predicted molar refractivity (Wildman–Crippen MR) is 150 cm³/mol. The minimum Gasteiger partial charge on any atom is -0.364 e. The van der Waals surface area contributed by atoms with E-state index in [9.17, 15) is 14.4 Å². The zero-order chi connectivity index (χ0) is 28.2. The van der Waals surface area contributed by atoms with Gasteiger partial charge in [-0.15, -0.1) is 0 Å². The lowest BCUT2D eigenvalue weighted by molar-refractivity contribution is -0.124. The molecule has 0 bridgehead atoms. The summed E-state index contributed by atoms with van der Waals surface area (Å²) in [5.74, 6) is 1.10. The quantitative estimate of drug-likeness (QED) is 0.318. The number of carbonyl (C=O) groups excluding carboxylic acids is 3. The Balaban J connectivity index is 1.05. The number of imide groups is 1. The van der Waals surface area contributed by atoms with Crippen LogP contribution in [0.1, 0.15) is 53.6 Å². The molecule has 208 valence electrons. The highest BCUT2D eigenvalue weighted by molar-refractivity contribution is 6.13. The van der Waals surface area contributed by atoms with Crippen LogP contribution < -0.4 is 15.5 Å². The van der Waals surface area contributed by atoms with Crippen LogP contribution in [-0.4, -0.2) is 60.7 Å². The van der Waals surface area contributed by atoms with Gasteiger partial charge in [-0.2, -0.15) is 0 Å². The molecule has 2 aliphatic carbocycles. The number of aryl methyl sites for hydroxylation is 1. The fourth-order valence-corrected chi connectivity index (χ4v) is 5.36. The number of carbonyl (C=O) groups is 3. The van der Waals surface area contributed by atoms with E-state index >= 15 is 0 Å². The standard InChI is InChI=1S/C29H29N9O3/c1-16-5-6-30-22(7-16)20-9-21(20)28(40)35-25-10-24(32-15-33-25)31-11-19-13-37-12-18(17-3-4-17)8-23(27(37)34-19)38-14-26(39)36(2)29(38)41/h5-8,10,12-13,15,17,20-21H,3-4,9,11,14H2,1-2H3,(H2,31,32,33,35,40). The van der Waals surface area contributed by atoms with Crippen molar-refractivity contribution in [3.8, 4) is 0 Å². The third-order valence-corrected chi connectivity index (χ3v) is 7.94. The molecule has 0 aromatic carbocycles. The summed E-state index contributed by atoms with van der Waals surface area (Å²) in [6.07, 6.45) is 10.1. The first kappa shape index (κ1) is 25.1. The highest BCUT2D eigenvalue weighted by atomic mass is 16.2. The van der Waals surface area contributed by atoms with Gasteiger partial charge in [0.15, 0.2) is 5.65 Å². The number of pyridine rings is 2. The third-order valence-electron chi connectivity index (χ3n) is 7.94. The monoisotopic (exact) mass is 551 g/mol. The van der Waals surface area contributed by atoms with Gasteiger partial charge in [-0.1, -0.05) is 0 Å². The number of rotatable bonds is 8. The van der Waals surface area contributed by atoms with E-state index in [1.165, 1.54) is 18.3 Å². The number of likely N-dealkylation sites (N-methyl/N-ethyl adjacent to an activating group) is 1. The number of urea groups is 1. The number of imidazole rings is 1. The summed E-state index contributed by atoms with van der Waals surface area (Å²) in [5.41, 5.74) is 5.19. The number of hydrogen-bond acceptors (Lipinski definition) is 8. The fraction of sp³-hybridized carbons (Fsp3) is 0.345. The molecule has 12 heteroatoms. The van der Waals surface area contributed by atoms with Gasteiger partial charge in [-0.3, -0.25) is 24.4 Å². The van der Waals surface area contributed by atoms with E-state index < -0.39 is 0 Å². The van der Waals surface area contributed by atoms with Crippen molar-refractivity contribution in [3.63, 3.8) is 0 Å². The molecule has 5 heterocycles. The van der Waals surface area contributed by atoms with Crippen molar-refractivity contribution in [3.05, 3.63) is 71.7 Å². The van der Waals surface area contributed by atoms with Crippen LogP contribution in [0.25, 0.3) is 5.65 Å². The smallest absolute Gasteiger partial charge is 0.331 e. The number of anilines is 3. The van der Waals surface area contributed by atoms with Gasteiger partial charge in [-0.25, -0.2) is 19.7 Å². The molecule has 2 N–H and O–H groups in total. The van der Waals surface area contributed by atoms with Crippen LogP contribution in [0.5, 0.6) is 0 Å². The normalized spacial score (nSPS) is 20.1. The summed E-state index contributed by atoms with van der Waals surface area (Å²) < 4.78 is 1.93. The van der Waals surface area contributed by atoms with Crippen molar-refractivity contribution in [1.29, 1.82) is 0 Å². The Labute approximate surface area is 235 Å².